The fourth-order valence-corrected chi connectivity index (χ4v) is 1.55. The lowest BCUT2D eigenvalue weighted by molar-refractivity contribution is 0.305. The van der Waals surface area contributed by atoms with Crippen molar-refractivity contribution >= 4 is 10.8 Å². The van der Waals surface area contributed by atoms with E-state index in [1.807, 2.05) is 24.3 Å². The molecule has 0 aromatic heterocycles. The van der Waals surface area contributed by atoms with Gasteiger partial charge in [0.05, 0.1) is 6.61 Å². The Hall–Kier alpha value is -1.78. The molecule has 0 aliphatic carbocycles. The van der Waals surface area contributed by atoms with Crippen LogP contribution < -0.4 is 0 Å². The maximum absolute atomic E-state index is 8.66. The molecule has 1 nitrogen and oxygen atoms in total. The molecule has 0 radical (unpaired) electrons. The Kier molecular flexibility index (Phi) is 3.02. The summed E-state index contributed by atoms with van der Waals surface area (Å²) < 4.78 is 0. The van der Waals surface area contributed by atoms with Gasteiger partial charge in [0.25, 0.3) is 0 Å². The fraction of sp³-hybridized carbons (Fsp3) is 0.143. The third kappa shape index (κ3) is 2.18. The standard InChI is InChI=1S/C14H12O/c15-11-4-3-7-13-9-5-8-12-6-1-2-10-14(12)13/h1-2,5-6,8-10,15H,4,11H2. The van der Waals surface area contributed by atoms with Crippen LogP contribution in [0.25, 0.3) is 10.8 Å². The van der Waals surface area contributed by atoms with Crippen LogP contribution in [0.4, 0.5) is 0 Å². The van der Waals surface area contributed by atoms with Gasteiger partial charge >= 0.3 is 0 Å². The molecule has 0 fully saturated rings. The Balaban J connectivity index is 2.48. The number of rotatable bonds is 1. The molecule has 2 aromatic rings. The average molecular weight is 196 g/mol. The number of aliphatic hydroxyl groups is 1. The molecule has 0 heterocycles. The highest BCUT2D eigenvalue weighted by Gasteiger charge is 1.95. The zero-order valence-corrected chi connectivity index (χ0v) is 8.40. The third-order valence-electron chi connectivity index (χ3n) is 2.25. The fourth-order valence-electron chi connectivity index (χ4n) is 1.55. The van der Waals surface area contributed by atoms with E-state index in [1.165, 1.54) is 10.8 Å². The summed E-state index contributed by atoms with van der Waals surface area (Å²) in [5, 5.41) is 11.0. The van der Waals surface area contributed by atoms with Crippen molar-refractivity contribution in [3.8, 4) is 11.8 Å². The van der Waals surface area contributed by atoms with Gasteiger partial charge in [0, 0.05) is 12.0 Å². The molecule has 0 spiro atoms. The predicted octanol–water partition coefficient (Wildman–Crippen LogP) is 2.57. The van der Waals surface area contributed by atoms with Gasteiger partial charge in [-0.2, -0.15) is 0 Å². The van der Waals surface area contributed by atoms with Crippen molar-refractivity contribution in [2.24, 2.45) is 0 Å². The second-order valence-electron chi connectivity index (χ2n) is 3.30. The van der Waals surface area contributed by atoms with E-state index in [-0.39, 0.29) is 6.61 Å². The van der Waals surface area contributed by atoms with Crippen LogP contribution >= 0.6 is 0 Å². The third-order valence-corrected chi connectivity index (χ3v) is 2.25. The van der Waals surface area contributed by atoms with E-state index in [0.717, 1.165) is 5.56 Å². The molecule has 0 saturated carbocycles. The molecule has 0 amide bonds. The zero-order valence-electron chi connectivity index (χ0n) is 8.40. The molecule has 2 aromatic carbocycles. The summed E-state index contributed by atoms with van der Waals surface area (Å²) in [4.78, 5) is 0. The molecule has 1 N–H and O–H groups in total. The highest BCUT2D eigenvalue weighted by atomic mass is 16.2. The van der Waals surface area contributed by atoms with Crippen molar-refractivity contribution in [1.82, 2.24) is 0 Å². The van der Waals surface area contributed by atoms with E-state index in [9.17, 15) is 0 Å². The average Bonchev–Trinajstić information content (AvgIpc) is 2.30. The molecule has 1 heteroatoms. The summed E-state index contributed by atoms with van der Waals surface area (Å²) >= 11 is 0. The summed E-state index contributed by atoms with van der Waals surface area (Å²) in [5.74, 6) is 6.02. The van der Waals surface area contributed by atoms with E-state index in [2.05, 4.69) is 30.0 Å². The summed E-state index contributed by atoms with van der Waals surface area (Å²) in [6.07, 6.45) is 0.531. The molecule has 2 rings (SSSR count). The number of benzene rings is 2. The highest BCUT2D eigenvalue weighted by Crippen LogP contribution is 2.17. The first-order valence-electron chi connectivity index (χ1n) is 4.99. The summed E-state index contributed by atoms with van der Waals surface area (Å²) in [5.41, 5.74) is 1.03. The Bertz CT molecular complexity index is 512. The number of fused-ring (bicyclic) bond motifs is 1. The van der Waals surface area contributed by atoms with Gasteiger partial charge in [0.1, 0.15) is 0 Å². The van der Waals surface area contributed by atoms with Crippen molar-refractivity contribution in [1.29, 1.82) is 0 Å². The number of aliphatic hydroxyl groups excluding tert-OH is 1. The minimum atomic E-state index is 0.123. The van der Waals surface area contributed by atoms with Crippen LogP contribution in [0.15, 0.2) is 42.5 Å². The quantitative estimate of drug-likeness (QED) is 0.695. The lowest BCUT2D eigenvalue weighted by atomic mass is 10.1. The molecule has 0 saturated heterocycles. The molecule has 15 heavy (non-hydrogen) atoms. The Morgan fingerprint density at radius 1 is 1.00 bits per heavy atom. The first-order valence-corrected chi connectivity index (χ1v) is 4.99. The predicted molar refractivity (Wildman–Crippen MR) is 62.5 cm³/mol. The van der Waals surface area contributed by atoms with Crippen LogP contribution in [-0.4, -0.2) is 11.7 Å². The minimum absolute atomic E-state index is 0.123. The summed E-state index contributed by atoms with van der Waals surface area (Å²) in [7, 11) is 0. The molecule has 74 valence electrons. The molecule has 0 aliphatic rings. The first kappa shape index (κ1) is 9.76. The lowest BCUT2D eigenvalue weighted by Gasteiger charge is -1.98. The van der Waals surface area contributed by atoms with Gasteiger partial charge in [0.2, 0.25) is 0 Å². The van der Waals surface area contributed by atoms with Crippen LogP contribution in [0.5, 0.6) is 0 Å². The smallest absolute Gasteiger partial charge is 0.0540 e. The first-order chi connectivity index (χ1) is 7.42. The SMILES string of the molecule is OCCC#Cc1cccc2ccccc12. The van der Waals surface area contributed by atoms with Crippen molar-refractivity contribution in [2.45, 2.75) is 6.42 Å². The van der Waals surface area contributed by atoms with Crippen LogP contribution in [-0.2, 0) is 0 Å². The second kappa shape index (κ2) is 4.63. The van der Waals surface area contributed by atoms with Gasteiger partial charge < -0.3 is 5.11 Å². The van der Waals surface area contributed by atoms with Crippen molar-refractivity contribution in [2.75, 3.05) is 6.61 Å². The topological polar surface area (TPSA) is 20.2 Å². The largest absolute Gasteiger partial charge is 0.395 e. The second-order valence-corrected chi connectivity index (χ2v) is 3.30. The normalized spacial score (nSPS) is 9.67. The number of hydrogen-bond acceptors (Lipinski definition) is 1. The van der Waals surface area contributed by atoms with Crippen molar-refractivity contribution in [3.05, 3.63) is 48.0 Å². The van der Waals surface area contributed by atoms with Gasteiger partial charge in [-0.15, -0.1) is 0 Å². The van der Waals surface area contributed by atoms with Gasteiger partial charge in [-0.1, -0.05) is 48.2 Å². The number of hydrogen-bond donors (Lipinski definition) is 1. The van der Waals surface area contributed by atoms with E-state index in [0.29, 0.717) is 6.42 Å². The molecular weight excluding hydrogens is 184 g/mol. The lowest BCUT2D eigenvalue weighted by Crippen LogP contribution is -1.80. The minimum Gasteiger partial charge on any atom is -0.395 e. The van der Waals surface area contributed by atoms with Gasteiger partial charge in [-0.25, -0.2) is 0 Å². The van der Waals surface area contributed by atoms with Crippen molar-refractivity contribution in [3.63, 3.8) is 0 Å². The van der Waals surface area contributed by atoms with Crippen molar-refractivity contribution < 1.29 is 5.11 Å². The van der Waals surface area contributed by atoms with Crippen LogP contribution in [0, 0.1) is 11.8 Å². The Morgan fingerprint density at radius 3 is 2.67 bits per heavy atom. The highest BCUT2D eigenvalue weighted by molar-refractivity contribution is 5.88. The molecule has 0 unspecified atom stereocenters. The van der Waals surface area contributed by atoms with Crippen LogP contribution in [0.1, 0.15) is 12.0 Å². The van der Waals surface area contributed by atoms with Crippen LogP contribution in [0.3, 0.4) is 0 Å². The van der Waals surface area contributed by atoms with E-state index < -0.39 is 0 Å². The molecule has 0 aliphatic heterocycles. The van der Waals surface area contributed by atoms with Gasteiger partial charge in [0.15, 0.2) is 0 Å². The van der Waals surface area contributed by atoms with E-state index >= 15 is 0 Å². The monoisotopic (exact) mass is 196 g/mol. The Morgan fingerprint density at radius 2 is 1.80 bits per heavy atom. The zero-order chi connectivity index (χ0) is 10.5. The van der Waals surface area contributed by atoms with E-state index in [1.54, 1.807) is 0 Å². The van der Waals surface area contributed by atoms with Crippen LogP contribution in [0.2, 0.25) is 0 Å². The van der Waals surface area contributed by atoms with Gasteiger partial charge in [-0.3, -0.25) is 0 Å². The van der Waals surface area contributed by atoms with Gasteiger partial charge in [-0.05, 0) is 16.8 Å². The summed E-state index contributed by atoms with van der Waals surface area (Å²) in [6, 6.07) is 14.3. The molecule has 0 atom stereocenters. The molecule has 0 bridgehead atoms. The Labute approximate surface area is 89.4 Å². The summed E-state index contributed by atoms with van der Waals surface area (Å²) in [6.45, 7) is 0.123. The molecular formula is C14H12O. The maximum Gasteiger partial charge on any atom is 0.0540 e. The maximum atomic E-state index is 8.66. The van der Waals surface area contributed by atoms with E-state index in [4.69, 9.17) is 5.11 Å².